The molecular formula is C10H11FN2O4. The fourth-order valence-corrected chi connectivity index (χ4v) is 1.15. The minimum atomic E-state index is -1.07. The van der Waals surface area contributed by atoms with Crippen molar-refractivity contribution in [2.75, 3.05) is 6.61 Å². The Hall–Kier alpha value is -2.02. The molecule has 0 bridgehead atoms. The number of aliphatic hydroxyl groups excluding tert-OH is 1. The van der Waals surface area contributed by atoms with Crippen molar-refractivity contribution in [3.05, 3.63) is 39.7 Å². The molecule has 92 valence electrons. The van der Waals surface area contributed by atoms with E-state index < -0.39 is 28.4 Å². The molecule has 0 saturated carbocycles. The zero-order valence-electron chi connectivity index (χ0n) is 9.01. The minimum Gasteiger partial charge on any atom is -0.394 e. The summed E-state index contributed by atoms with van der Waals surface area (Å²) in [5.41, 5.74) is -0.717. The lowest BCUT2D eigenvalue weighted by molar-refractivity contribution is -0.387. The van der Waals surface area contributed by atoms with Crippen LogP contribution in [0.5, 0.6) is 0 Å². The van der Waals surface area contributed by atoms with Crippen LogP contribution in [-0.2, 0) is 0 Å². The molecule has 17 heavy (non-hydrogen) atoms. The first-order valence-electron chi connectivity index (χ1n) is 4.81. The Morgan fingerprint density at radius 1 is 1.65 bits per heavy atom. The topological polar surface area (TPSA) is 92.5 Å². The van der Waals surface area contributed by atoms with E-state index in [4.69, 9.17) is 5.11 Å². The fraction of sp³-hybridized carbons (Fsp3) is 0.300. The molecule has 1 atom stereocenters. The van der Waals surface area contributed by atoms with Crippen LogP contribution in [0.4, 0.5) is 10.1 Å². The molecule has 0 fully saturated rings. The number of nitro groups is 1. The van der Waals surface area contributed by atoms with Crippen LogP contribution in [0.15, 0.2) is 18.2 Å². The van der Waals surface area contributed by atoms with Crippen LogP contribution >= 0.6 is 0 Å². The van der Waals surface area contributed by atoms with Gasteiger partial charge < -0.3 is 10.4 Å². The lowest BCUT2D eigenvalue weighted by Crippen LogP contribution is -2.35. The van der Waals surface area contributed by atoms with Crippen molar-refractivity contribution in [1.82, 2.24) is 5.32 Å². The van der Waals surface area contributed by atoms with Crippen LogP contribution in [0.1, 0.15) is 17.3 Å². The second kappa shape index (κ2) is 5.35. The highest BCUT2D eigenvalue weighted by Gasteiger charge is 2.17. The molecule has 2 N–H and O–H groups in total. The molecule has 1 amide bonds. The zero-order chi connectivity index (χ0) is 13.0. The van der Waals surface area contributed by atoms with Gasteiger partial charge in [0.15, 0.2) is 0 Å². The highest BCUT2D eigenvalue weighted by atomic mass is 19.1. The van der Waals surface area contributed by atoms with Crippen LogP contribution in [-0.4, -0.2) is 28.6 Å². The summed E-state index contributed by atoms with van der Waals surface area (Å²) in [6.45, 7) is 1.32. The molecule has 1 aromatic rings. The van der Waals surface area contributed by atoms with Gasteiger partial charge in [0.2, 0.25) is 5.82 Å². The van der Waals surface area contributed by atoms with Crippen LogP contribution < -0.4 is 5.32 Å². The third-order valence-electron chi connectivity index (χ3n) is 2.06. The number of halogens is 1. The predicted octanol–water partition coefficient (Wildman–Crippen LogP) is 0.845. The first-order valence-corrected chi connectivity index (χ1v) is 4.81. The molecule has 7 heteroatoms. The number of carbonyl (C=O) groups excluding carboxylic acids is 1. The quantitative estimate of drug-likeness (QED) is 0.604. The summed E-state index contributed by atoms with van der Waals surface area (Å²) in [7, 11) is 0. The molecule has 0 aliphatic heterocycles. The molecule has 0 aliphatic rings. The van der Waals surface area contributed by atoms with E-state index in [9.17, 15) is 19.3 Å². The predicted molar refractivity (Wildman–Crippen MR) is 57.1 cm³/mol. The number of carbonyl (C=O) groups is 1. The van der Waals surface area contributed by atoms with Gasteiger partial charge in [0, 0.05) is 17.7 Å². The maximum absolute atomic E-state index is 13.2. The van der Waals surface area contributed by atoms with Crippen molar-refractivity contribution in [2.24, 2.45) is 0 Å². The number of aliphatic hydroxyl groups is 1. The smallest absolute Gasteiger partial charge is 0.304 e. The van der Waals surface area contributed by atoms with E-state index in [2.05, 4.69) is 5.32 Å². The zero-order valence-corrected chi connectivity index (χ0v) is 9.01. The molecular weight excluding hydrogens is 231 g/mol. The summed E-state index contributed by atoms with van der Waals surface area (Å²) in [5, 5.41) is 21.5. The van der Waals surface area contributed by atoms with E-state index in [0.29, 0.717) is 0 Å². The van der Waals surface area contributed by atoms with Crippen molar-refractivity contribution in [3.63, 3.8) is 0 Å². The maximum Gasteiger partial charge on any atom is 0.304 e. The van der Waals surface area contributed by atoms with Crippen LogP contribution in [0.3, 0.4) is 0 Å². The molecule has 0 saturated heterocycles. The Balaban J connectivity index is 2.90. The molecule has 0 spiro atoms. The van der Waals surface area contributed by atoms with Gasteiger partial charge >= 0.3 is 5.69 Å². The number of amides is 1. The van der Waals surface area contributed by atoms with E-state index in [1.807, 2.05) is 0 Å². The molecule has 1 unspecified atom stereocenters. The van der Waals surface area contributed by atoms with Gasteiger partial charge in [0.1, 0.15) is 0 Å². The summed E-state index contributed by atoms with van der Waals surface area (Å²) < 4.78 is 13.2. The normalized spacial score (nSPS) is 11.9. The average molecular weight is 242 g/mol. The third kappa shape index (κ3) is 3.22. The Labute approximate surface area is 96.2 Å². The van der Waals surface area contributed by atoms with E-state index in [-0.39, 0.29) is 12.2 Å². The van der Waals surface area contributed by atoms with Gasteiger partial charge in [-0.3, -0.25) is 14.9 Å². The Kier molecular flexibility index (Phi) is 4.11. The largest absolute Gasteiger partial charge is 0.394 e. The minimum absolute atomic E-state index is 0.0339. The second-order valence-corrected chi connectivity index (χ2v) is 3.48. The molecule has 1 aromatic carbocycles. The SMILES string of the molecule is CC(CO)NC(=O)c1ccc([N+](=O)[O-])c(F)c1. The van der Waals surface area contributed by atoms with E-state index in [1.165, 1.54) is 0 Å². The van der Waals surface area contributed by atoms with Crippen molar-refractivity contribution < 1.29 is 19.2 Å². The van der Waals surface area contributed by atoms with Crippen molar-refractivity contribution >= 4 is 11.6 Å². The third-order valence-corrected chi connectivity index (χ3v) is 2.06. The molecule has 1 rings (SSSR count). The maximum atomic E-state index is 13.2. The summed E-state index contributed by atoms with van der Waals surface area (Å²) in [5.74, 6) is -1.67. The van der Waals surface area contributed by atoms with Gasteiger partial charge in [-0.2, -0.15) is 4.39 Å². The first-order chi connectivity index (χ1) is 7.95. The molecule has 0 aromatic heterocycles. The number of benzene rings is 1. The Bertz CT molecular complexity index is 450. The van der Waals surface area contributed by atoms with E-state index >= 15 is 0 Å². The van der Waals surface area contributed by atoms with Gasteiger partial charge in [-0.25, -0.2) is 0 Å². The molecule has 0 heterocycles. The summed E-state index contributed by atoms with van der Waals surface area (Å²) in [6, 6.07) is 2.40. The van der Waals surface area contributed by atoms with Crippen LogP contribution in [0, 0.1) is 15.9 Å². The number of hydrogen-bond acceptors (Lipinski definition) is 4. The van der Waals surface area contributed by atoms with Crippen LogP contribution in [0.2, 0.25) is 0 Å². The van der Waals surface area contributed by atoms with Crippen molar-refractivity contribution in [3.8, 4) is 0 Å². The van der Waals surface area contributed by atoms with Gasteiger partial charge in [-0.15, -0.1) is 0 Å². The number of hydrogen-bond donors (Lipinski definition) is 2. The summed E-state index contributed by atoms with van der Waals surface area (Å²) >= 11 is 0. The Morgan fingerprint density at radius 2 is 2.29 bits per heavy atom. The standard InChI is InChI=1S/C10H11FN2O4/c1-6(5-14)12-10(15)7-2-3-9(13(16)17)8(11)4-7/h2-4,6,14H,5H2,1H3,(H,12,15). The van der Waals surface area contributed by atoms with E-state index in [1.54, 1.807) is 6.92 Å². The fourth-order valence-electron chi connectivity index (χ4n) is 1.15. The van der Waals surface area contributed by atoms with Crippen LogP contribution in [0.25, 0.3) is 0 Å². The molecule has 0 aliphatic carbocycles. The highest BCUT2D eigenvalue weighted by molar-refractivity contribution is 5.94. The lowest BCUT2D eigenvalue weighted by atomic mass is 10.1. The Morgan fingerprint density at radius 3 is 2.76 bits per heavy atom. The van der Waals surface area contributed by atoms with Crippen molar-refractivity contribution in [1.29, 1.82) is 0 Å². The van der Waals surface area contributed by atoms with Crippen molar-refractivity contribution in [2.45, 2.75) is 13.0 Å². The summed E-state index contributed by atoms with van der Waals surface area (Å²) in [6.07, 6.45) is 0. The second-order valence-electron chi connectivity index (χ2n) is 3.48. The number of nitrogens with one attached hydrogen (secondary N) is 1. The van der Waals surface area contributed by atoms with E-state index in [0.717, 1.165) is 18.2 Å². The van der Waals surface area contributed by atoms with Gasteiger partial charge in [-0.1, -0.05) is 0 Å². The number of nitrogens with zero attached hydrogens (tertiary/aromatic N) is 1. The molecule has 6 nitrogen and oxygen atoms in total. The number of nitro benzene ring substituents is 1. The first kappa shape index (κ1) is 13.0. The number of rotatable bonds is 4. The lowest BCUT2D eigenvalue weighted by Gasteiger charge is -2.10. The average Bonchev–Trinajstić information content (AvgIpc) is 2.28. The van der Waals surface area contributed by atoms with Gasteiger partial charge in [0.25, 0.3) is 5.91 Å². The monoisotopic (exact) mass is 242 g/mol. The highest BCUT2D eigenvalue weighted by Crippen LogP contribution is 2.17. The molecule has 0 radical (unpaired) electrons. The summed E-state index contributed by atoms with van der Waals surface area (Å²) in [4.78, 5) is 21.0. The van der Waals surface area contributed by atoms with Gasteiger partial charge in [-0.05, 0) is 19.1 Å². The van der Waals surface area contributed by atoms with Gasteiger partial charge in [0.05, 0.1) is 11.5 Å².